The molecule has 154 valence electrons. The SMILES string of the molecule is CC(C)CNC(=O)[C@H](C)OC(=O)c1ccc(NCc2ccccc2)c([N+](=O)[O-])c1. The zero-order chi connectivity index (χ0) is 21.4. The maximum atomic E-state index is 12.3. The van der Waals surface area contributed by atoms with Gasteiger partial charge < -0.3 is 15.4 Å². The van der Waals surface area contributed by atoms with Crippen LogP contribution in [0.5, 0.6) is 0 Å². The Bertz CT molecular complexity index is 868. The van der Waals surface area contributed by atoms with Crippen LogP contribution >= 0.6 is 0 Å². The summed E-state index contributed by atoms with van der Waals surface area (Å²) in [4.78, 5) is 35.1. The smallest absolute Gasteiger partial charge is 0.339 e. The molecular formula is C21H25N3O5. The normalized spacial score (nSPS) is 11.6. The van der Waals surface area contributed by atoms with Crippen molar-refractivity contribution in [1.82, 2.24) is 5.32 Å². The highest BCUT2D eigenvalue weighted by atomic mass is 16.6. The van der Waals surface area contributed by atoms with Gasteiger partial charge in [0, 0.05) is 19.2 Å². The first-order valence-electron chi connectivity index (χ1n) is 9.33. The monoisotopic (exact) mass is 399 g/mol. The van der Waals surface area contributed by atoms with Gasteiger partial charge in [0.15, 0.2) is 6.10 Å². The van der Waals surface area contributed by atoms with Crippen LogP contribution in [0, 0.1) is 16.0 Å². The van der Waals surface area contributed by atoms with Gasteiger partial charge >= 0.3 is 5.97 Å². The van der Waals surface area contributed by atoms with Crippen molar-refractivity contribution in [2.45, 2.75) is 33.4 Å². The van der Waals surface area contributed by atoms with E-state index in [1.807, 2.05) is 44.2 Å². The Labute approximate surface area is 169 Å². The molecule has 29 heavy (non-hydrogen) atoms. The third kappa shape index (κ3) is 6.60. The average molecular weight is 399 g/mol. The summed E-state index contributed by atoms with van der Waals surface area (Å²) >= 11 is 0. The number of carbonyl (C=O) groups is 2. The van der Waals surface area contributed by atoms with E-state index in [1.165, 1.54) is 19.1 Å². The van der Waals surface area contributed by atoms with Gasteiger partial charge in [-0.3, -0.25) is 14.9 Å². The predicted molar refractivity (Wildman–Crippen MR) is 110 cm³/mol. The van der Waals surface area contributed by atoms with Crippen molar-refractivity contribution < 1.29 is 19.2 Å². The fourth-order valence-electron chi connectivity index (χ4n) is 2.48. The summed E-state index contributed by atoms with van der Waals surface area (Å²) in [6.07, 6.45) is -1.00. The molecule has 0 aliphatic heterocycles. The van der Waals surface area contributed by atoms with Gasteiger partial charge in [0.05, 0.1) is 10.5 Å². The van der Waals surface area contributed by atoms with Crippen LogP contribution in [0.1, 0.15) is 36.7 Å². The van der Waals surface area contributed by atoms with Crippen LogP contribution in [0.2, 0.25) is 0 Å². The maximum absolute atomic E-state index is 12.3. The molecule has 0 unspecified atom stereocenters. The maximum Gasteiger partial charge on any atom is 0.339 e. The van der Waals surface area contributed by atoms with Crippen LogP contribution in [-0.2, 0) is 16.1 Å². The molecule has 2 N–H and O–H groups in total. The first-order valence-corrected chi connectivity index (χ1v) is 9.33. The summed E-state index contributed by atoms with van der Waals surface area (Å²) < 4.78 is 5.14. The summed E-state index contributed by atoms with van der Waals surface area (Å²) in [6.45, 7) is 6.22. The number of nitro benzene ring substituents is 1. The molecule has 1 atom stereocenters. The van der Waals surface area contributed by atoms with E-state index in [9.17, 15) is 19.7 Å². The third-order valence-corrected chi connectivity index (χ3v) is 4.09. The quantitative estimate of drug-likeness (QED) is 0.379. The lowest BCUT2D eigenvalue weighted by Crippen LogP contribution is -2.37. The van der Waals surface area contributed by atoms with Crippen molar-refractivity contribution in [2.75, 3.05) is 11.9 Å². The lowest BCUT2D eigenvalue weighted by Gasteiger charge is -2.15. The standard InChI is InChI=1S/C21H25N3O5/c1-14(2)12-23-20(25)15(3)29-21(26)17-9-10-18(19(11-17)24(27)28)22-13-16-7-5-4-6-8-16/h4-11,14-15,22H,12-13H2,1-3H3,(H,23,25)/t15-/m0/s1. The summed E-state index contributed by atoms with van der Waals surface area (Å²) in [7, 11) is 0. The zero-order valence-corrected chi connectivity index (χ0v) is 16.7. The molecule has 0 fully saturated rings. The van der Waals surface area contributed by atoms with Crippen LogP contribution < -0.4 is 10.6 Å². The van der Waals surface area contributed by atoms with Crippen molar-refractivity contribution >= 4 is 23.3 Å². The Kier molecular flexibility index (Phi) is 7.70. The first-order chi connectivity index (χ1) is 13.8. The molecule has 8 heteroatoms. The minimum atomic E-state index is -1.00. The van der Waals surface area contributed by atoms with Gasteiger partial charge in [-0.2, -0.15) is 0 Å². The van der Waals surface area contributed by atoms with Crippen molar-refractivity contribution in [3.05, 3.63) is 69.8 Å². The number of anilines is 1. The summed E-state index contributed by atoms with van der Waals surface area (Å²) in [5.41, 5.74) is 1.02. The average Bonchev–Trinajstić information content (AvgIpc) is 2.70. The van der Waals surface area contributed by atoms with Gasteiger partial charge in [-0.1, -0.05) is 44.2 Å². The van der Waals surface area contributed by atoms with E-state index in [1.54, 1.807) is 0 Å². The van der Waals surface area contributed by atoms with Gasteiger partial charge in [-0.25, -0.2) is 4.79 Å². The molecule has 0 aliphatic rings. The minimum Gasteiger partial charge on any atom is -0.449 e. The van der Waals surface area contributed by atoms with Gasteiger partial charge in [0.2, 0.25) is 0 Å². The number of amides is 1. The number of esters is 1. The molecule has 2 rings (SSSR count). The van der Waals surface area contributed by atoms with Crippen molar-refractivity contribution in [2.24, 2.45) is 5.92 Å². The molecule has 1 amide bonds. The summed E-state index contributed by atoms with van der Waals surface area (Å²) in [5.74, 6) is -0.946. The molecule has 0 saturated heterocycles. The molecule has 0 radical (unpaired) electrons. The lowest BCUT2D eigenvalue weighted by molar-refractivity contribution is -0.384. The molecule has 8 nitrogen and oxygen atoms in total. The number of nitro groups is 1. The van der Waals surface area contributed by atoms with Crippen molar-refractivity contribution in [3.63, 3.8) is 0 Å². The fourth-order valence-corrected chi connectivity index (χ4v) is 2.48. The predicted octanol–water partition coefficient (Wildman–Crippen LogP) is 3.52. The fraction of sp³-hybridized carbons (Fsp3) is 0.333. The number of ether oxygens (including phenoxy) is 1. The molecule has 0 saturated carbocycles. The van der Waals surface area contributed by atoms with Gasteiger partial charge in [-0.15, -0.1) is 0 Å². The largest absolute Gasteiger partial charge is 0.449 e. The summed E-state index contributed by atoms with van der Waals surface area (Å²) in [5, 5.41) is 17.1. The second kappa shape index (κ2) is 10.2. The number of carbonyl (C=O) groups excluding carboxylic acids is 2. The van der Waals surface area contributed by atoms with Gasteiger partial charge in [0.1, 0.15) is 5.69 Å². The molecule has 0 aliphatic carbocycles. The van der Waals surface area contributed by atoms with Crippen LogP contribution in [0.4, 0.5) is 11.4 Å². The van der Waals surface area contributed by atoms with Gasteiger partial charge in [-0.05, 0) is 30.5 Å². The minimum absolute atomic E-state index is 0.00507. The topological polar surface area (TPSA) is 111 Å². The van der Waals surface area contributed by atoms with E-state index < -0.39 is 22.9 Å². The van der Waals surface area contributed by atoms with Gasteiger partial charge in [0.25, 0.3) is 11.6 Å². The molecule has 2 aromatic carbocycles. The number of hydrogen-bond acceptors (Lipinski definition) is 6. The summed E-state index contributed by atoms with van der Waals surface area (Å²) in [6, 6.07) is 13.5. The molecule has 0 bridgehead atoms. The van der Waals surface area contributed by atoms with Crippen molar-refractivity contribution in [1.29, 1.82) is 0 Å². The first kappa shape index (κ1) is 21.9. The number of rotatable bonds is 9. The second-order valence-electron chi connectivity index (χ2n) is 7.01. The number of hydrogen-bond donors (Lipinski definition) is 2. The molecule has 0 heterocycles. The second-order valence-corrected chi connectivity index (χ2v) is 7.01. The third-order valence-electron chi connectivity index (χ3n) is 4.09. The lowest BCUT2D eigenvalue weighted by atomic mass is 10.1. The van der Waals surface area contributed by atoms with Crippen LogP contribution in [0.25, 0.3) is 0 Å². The van der Waals surface area contributed by atoms with E-state index >= 15 is 0 Å². The Hall–Kier alpha value is -3.42. The highest BCUT2D eigenvalue weighted by Gasteiger charge is 2.22. The highest BCUT2D eigenvalue weighted by molar-refractivity contribution is 5.93. The number of nitrogens with zero attached hydrogens (tertiary/aromatic N) is 1. The van der Waals surface area contributed by atoms with Crippen LogP contribution in [0.15, 0.2) is 48.5 Å². The molecular weight excluding hydrogens is 374 g/mol. The number of benzene rings is 2. The van der Waals surface area contributed by atoms with E-state index in [0.29, 0.717) is 13.1 Å². The van der Waals surface area contributed by atoms with Crippen LogP contribution in [0.3, 0.4) is 0 Å². The molecule has 0 aromatic heterocycles. The van der Waals surface area contributed by atoms with E-state index in [2.05, 4.69) is 10.6 Å². The Morgan fingerprint density at radius 2 is 1.79 bits per heavy atom. The Morgan fingerprint density at radius 1 is 1.10 bits per heavy atom. The van der Waals surface area contributed by atoms with E-state index in [4.69, 9.17) is 4.74 Å². The number of nitrogens with one attached hydrogen (secondary N) is 2. The molecule has 0 spiro atoms. The highest BCUT2D eigenvalue weighted by Crippen LogP contribution is 2.26. The Morgan fingerprint density at radius 3 is 2.41 bits per heavy atom. The zero-order valence-electron chi connectivity index (χ0n) is 16.7. The van der Waals surface area contributed by atoms with Crippen molar-refractivity contribution in [3.8, 4) is 0 Å². The molecule has 2 aromatic rings. The Balaban J connectivity index is 2.07. The van der Waals surface area contributed by atoms with E-state index in [0.717, 1.165) is 11.6 Å². The van der Waals surface area contributed by atoms with E-state index in [-0.39, 0.29) is 22.9 Å². The van der Waals surface area contributed by atoms with Crippen LogP contribution in [-0.4, -0.2) is 29.4 Å².